The number of pyridine rings is 1. The average molecular weight is 347 g/mol. The van der Waals surface area contributed by atoms with Gasteiger partial charge < -0.3 is 15.2 Å². The van der Waals surface area contributed by atoms with Gasteiger partial charge in [0.1, 0.15) is 30.7 Å². The first-order valence-corrected chi connectivity index (χ1v) is 8.17. The van der Waals surface area contributed by atoms with Crippen molar-refractivity contribution >= 4 is 5.82 Å². The molecule has 0 spiro atoms. The van der Waals surface area contributed by atoms with E-state index in [1.165, 1.54) is 0 Å². The lowest BCUT2D eigenvalue weighted by Gasteiger charge is -2.20. The second-order valence-electron chi connectivity index (χ2n) is 6.09. The second kappa shape index (κ2) is 6.08. The Balaban J connectivity index is 1.95. The Morgan fingerprint density at radius 3 is 2.65 bits per heavy atom. The summed E-state index contributed by atoms with van der Waals surface area (Å²) >= 11 is 0. The first-order valence-electron chi connectivity index (χ1n) is 8.17. The Kier molecular flexibility index (Phi) is 3.73. The molecule has 1 aliphatic rings. The molecule has 0 aliphatic carbocycles. The van der Waals surface area contributed by atoms with Crippen molar-refractivity contribution in [2.24, 2.45) is 7.05 Å². The molecule has 0 fully saturated rings. The van der Waals surface area contributed by atoms with Crippen LogP contribution in [0.1, 0.15) is 11.1 Å². The minimum absolute atomic E-state index is 0.196. The highest BCUT2D eigenvalue weighted by molar-refractivity contribution is 5.84. The van der Waals surface area contributed by atoms with Crippen LogP contribution < -0.4 is 15.2 Å². The van der Waals surface area contributed by atoms with Gasteiger partial charge in [-0.05, 0) is 30.2 Å². The van der Waals surface area contributed by atoms with Crippen LogP contribution in [0.4, 0.5) is 5.82 Å². The van der Waals surface area contributed by atoms with Crippen molar-refractivity contribution in [3.63, 3.8) is 0 Å². The van der Waals surface area contributed by atoms with E-state index in [9.17, 15) is 5.26 Å². The minimum Gasteiger partial charge on any atom is -0.486 e. The van der Waals surface area contributed by atoms with Crippen molar-refractivity contribution in [2.75, 3.05) is 18.9 Å². The number of anilines is 1. The molecule has 130 valence electrons. The number of ether oxygens (including phenoxy) is 2. The maximum atomic E-state index is 9.65. The molecule has 0 saturated heterocycles. The van der Waals surface area contributed by atoms with Gasteiger partial charge in [-0.3, -0.25) is 4.68 Å². The summed E-state index contributed by atoms with van der Waals surface area (Å²) in [6.07, 6.45) is 3.60. The van der Waals surface area contributed by atoms with Crippen molar-refractivity contribution in [1.82, 2.24) is 14.8 Å². The fourth-order valence-corrected chi connectivity index (χ4v) is 3.19. The third kappa shape index (κ3) is 2.52. The maximum absolute atomic E-state index is 9.65. The van der Waals surface area contributed by atoms with Crippen LogP contribution in [0.2, 0.25) is 0 Å². The van der Waals surface area contributed by atoms with Gasteiger partial charge >= 0.3 is 0 Å². The van der Waals surface area contributed by atoms with Crippen LogP contribution >= 0.6 is 0 Å². The fraction of sp³-hybridized carbons (Fsp3) is 0.211. The van der Waals surface area contributed by atoms with Crippen LogP contribution in [0, 0.1) is 18.3 Å². The molecule has 26 heavy (non-hydrogen) atoms. The van der Waals surface area contributed by atoms with Gasteiger partial charge in [-0.1, -0.05) is 6.07 Å². The molecule has 2 aromatic heterocycles. The van der Waals surface area contributed by atoms with Gasteiger partial charge in [0, 0.05) is 24.4 Å². The standard InChI is InChI=1S/C19H17N5O2/c1-11-17(12-3-4-15-16(7-12)26-6-5-25-15)14(8-20)19(21)23-18(11)13-9-22-24(2)10-13/h3-4,7,9-10H,5-6H2,1-2H3,(H2,21,23). The molecule has 0 saturated carbocycles. The predicted molar refractivity (Wildman–Crippen MR) is 96.7 cm³/mol. The molecular formula is C19H17N5O2. The van der Waals surface area contributed by atoms with E-state index in [2.05, 4.69) is 16.2 Å². The molecule has 4 rings (SSSR count). The number of nitriles is 1. The van der Waals surface area contributed by atoms with Crippen LogP contribution in [0.15, 0.2) is 30.6 Å². The Morgan fingerprint density at radius 2 is 1.96 bits per heavy atom. The van der Waals surface area contributed by atoms with Gasteiger partial charge in [0.2, 0.25) is 0 Å². The molecule has 1 aromatic carbocycles. The molecule has 0 atom stereocenters. The molecule has 2 N–H and O–H groups in total. The highest BCUT2D eigenvalue weighted by Gasteiger charge is 2.21. The number of benzene rings is 1. The zero-order valence-electron chi connectivity index (χ0n) is 14.5. The van der Waals surface area contributed by atoms with Crippen LogP contribution in [-0.2, 0) is 7.05 Å². The average Bonchev–Trinajstić information content (AvgIpc) is 3.08. The minimum atomic E-state index is 0.196. The number of hydrogen-bond acceptors (Lipinski definition) is 6. The van der Waals surface area contributed by atoms with Crippen LogP contribution in [0.25, 0.3) is 22.4 Å². The monoisotopic (exact) mass is 347 g/mol. The Morgan fingerprint density at radius 1 is 1.19 bits per heavy atom. The Hall–Kier alpha value is -3.53. The van der Waals surface area contributed by atoms with E-state index in [1.807, 2.05) is 38.4 Å². The summed E-state index contributed by atoms with van der Waals surface area (Å²) in [5, 5.41) is 13.8. The van der Waals surface area contributed by atoms with Crippen LogP contribution in [0.3, 0.4) is 0 Å². The summed E-state index contributed by atoms with van der Waals surface area (Å²) in [7, 11) is 1.84. The first kappa shape index (κ1) is 16.0. The van der Waals surface area contributed by atoms with Crippen molar-refractivity contribution in [3.8, 4) is 40.0 Å². The molecule has 1 aliphatic heterocycles. The van der Waals surface area contributed by atoms with E-state index in [0.717, 1.165) is 22.3 Å². The molecule has 3 heterocycles. The zero-order chi connectivity index (χ0) is 18.3. The summed E-state index contributed by atoms with van der Waals surface area (Å²) in [4.78, 5) is 4.45. The predicted octanol–water partition coefficient (Wildman–Crippen LogP) is 2.68. The molecule has 3 aromatic rings. The third-order valence-electron chi connectivity index (χ3n) is 4.39. The lowest BCUT2D eigenvalue weighted by molar-refractivity contribution is 0.171. The highest BCUT2D eigenvalue weighted by atomic mass is 16.6. The molecule has 7 nitrogen and oxygen atoms in total. The topological polar surface area (TPSA) is 99.0 Å². The SMILES string of the molecule is Cc1c(-c2cnn(C)c2)nc(N)c(C#N)c1-c1ccc2c(c1)OCCO2. The smallest absolute Gasteiger partial charge is 0.161 e. The fourth-order valence-electron chi connectivity index (χ4n) is 3.19. The van der Waals surface area contributed by atoms with Crippen molar-refractivity contribution in [3.05, 3.63) is 41.7 Å². The van der Waals surface area contributed by atoms with E-state index >= 15 is 0 Å². The lowest BCUT2D eigenvalue weighted by atomic mass is 9.93. The van der Waals surface area contributed by atoms with E-state index in [1.54, 1.807) is 10.9 Å². The number of nitrogens with two attached hydrogens (primary N) is 1. The number of hydrogen-bond donors (Lipinski definition) is 1. The zero-order valence-corrected chi connectivity index (χ0v) is 14.5. The normalized spacial score (nSPS) is 12.7. The molecule has 7 heteroatoms. The number of aromatic nitrogens is 3. The van der Waals surface area contributed by atoms with Crippen LogP contribution in [-0.4, -0.2) is 28.0 Å². The van der Waals surface area contributed by atoms with Crippen LogP contribution in [0.5, 0.6) is 11.5 Å². The molecule has 0 bridgehead atoms. The van der Waals surface area contributed by atoms with E-state index in [-0.39, 0.29) is 5.82 Å². The van der Waals surface area contributed by atoms with Gasteiger partial charge in [0.15, 0.2) is 11.5 Å². The Labute approximate surface area is 150 Å². The van der Waals surface area contributed by atoms with E-state index < -0.39 is 0 Å². The largest absolute Gasteiger partial charge is 0.486 e. The number of nitrogens with zero attached hydrogens (tertiary/aromatic N) is 4. The van der Waals surface area contributed by atoms with Gasteiger partial charge in [-0.2, -0.15) is 10.4 Å². The van der Waals surface area contributed by atoms with Crippen molar-refractivity contribution in [1.29, 1.82) is 5.26 Å². The van der Waals surface area contributed by atoms with Gasteiger partial charge in [-0.15, -0.1) is 0 Å². The van der Waals surface area contributed by atoms with E-state index in [4.69, 9.17) is 15.2 Å². The lowest BCUT2D eigenvalue weighted by Crippen LogP contribution is -2.15. The van der Waals surface area contributed by atoms with E-state index in [0.29, 0.717) is 36.0 Å². The third-order valence-corrected chi connectivity index (χ3v) is 4.39. The number of fused-ring (bicyclic) bond motifs is 1. The first-order chi connectivity index (χ1) is 12.6. The molecule has 0 amide bonds. The quantitative estimate of drug-likeness (QED) is 0.765. The number of aryl methyl sites for hydroxylation is 1. The van der Waals surface area contributed by atoms with Gasteiger partial charge in [0.05, 0.1) is 11.9 Å². The molecule has 0 unspecified atom stereocenters. The van der Waals surface area contributed by atoms with Gasteiger partial charge in [0.25, 0.3) is 0 Å². The summed E-state index contributed by atoms with van der Waals surface area (Å²) < 4.78 is 13.0. The van der Waals surface area contributed by atoms with Gasteiger partial charge in [-0.25, -0.2) is 4.98 Å². The second-order valence-corrected chi connectivity index (χ2v) is 6.09. The summed E-state index contributed by atoms with van der Waals surface area (Å²) in [6, 6.07) is 7.82. The molecular weight excluding hydrogens is 330 g/mol. The summed E-state index contributed by atoms with van der Waals surface area (Å²) in [5.74, 6) is 1.56. The maximum Gasteiger partial charge on any atom is 0.161 e. The van der Waals surface area contributed by atoms with Crippen molar-refractivity contribution < 1.29 is 9.47 Å². The van der Waals surface area contributed by atoms with Crippen molar-refractivity contribution in [2.45, 2.75) is 6.92 Å². The Bertz CT molecular complexity index is 1050. The number of nitrogen functional groups attached to an aromatic ring is 1. The number of rotatable bonds is 2. The molecule has 0 radical (unpaired) electrons. The summed E-state index contributed by atoms with van der Waals surface area (Å²) in [5.41, 5.74) is 10.5. The highest BCUT2D eigenvalue weighted by Crippen LogP contribution is 2.40. The summed E-state index contributed by atoms with van der Waals surface area (Å²) in [6.45, 7) is 2.96.